The molecule has 14 heteroatoms. The van der Waals surface area contributed by atoms with E-state index in [1.807, 2.05) is 35.2 Å². The lowest BCUT2D eigenvalue weighted by Crippen LogP contribution is -2.52. The van der Waals surface area contributed by atoms with E-state index in [0.717, 1.165) is 5.39 Å². The normalized spacial score (nSPS) is 23.6. The molecule has 2 aliphatic heterocycles. The Bertz CT molecular complexity index is 1690. The minimum atomic E-state index is -4.24. The van der Waals surface area contributed by atoms with Crippen LogP contribution in [-0.4, -0.2) is 113 Å². The number of halogens is 4. The van der Waals surface area contributed by atoms with Gasteiger partial charge < -0.3 is 20.1 Å². The Morgan fingerprint density at radius 3 is 2.44 bits per heavy atom. The number of aromatic nitrogens is 1. The van der Waals surface area contributed by atoms with Crippen molar-refractivity contribution in [2.24, 2.45) is 5.92 Å². The van der Waals surface area contributed by atoms with Gasteiger partial charge in [0.15, 0.2) is 0 Å². The minimum absolute atomic E-state index is 0.0211. The van der Waals surface area contributed by atoms with Crippen molar-refractivity contribution >= 4 is 45.8 Å². The summed E-state index contributed by atoms with van der Waals surface area (Å²) in [5.41, 5.74) is 1.32. The Balaban J connectivity index is 1.10. The van der Waals surface area contributed by atoms with Crippen molar-refractivity contribution in [2.75, 3.05) is 51.2 Å². The molecule has 2 amide bonds. The van der Waals surface area contributed by atoms with E-state index in [9.17, 15) is 32.7 Å². The largest absolute Gasteiger partial charge is 0.481 e. The Hall–Kier alpha value is -3.78. The molecule has 3 aromatic rings. The van der Waals surface area contributed by atoms with Crippen LogP contribution in [0.15, 0.2) is 54.7 Å². The summed E-state index contributed by atoms with van der Waals surface area (Å²) in [5.74, 6) is -1.68. The summed E-state index contributed by atoms with van der Waals surface area (Å²) in [4.78, 5) is 48.0. The number of ether oxygens (including phenoxy) is 1. The fraction of sp³-hybridized carbons (Fsp3) is 0.500. The summed E-state index contributed by atoms with van der Waals surface area (Å²) >= 11 is 6.60. The molecule has 3 aliphatic rings. The average Bonchev–Trinajstić information content (AvgIpc) is 3.52. The second-order valence-corrected chi connectivity index (χ2v) is 13.9. The van der Waals surface area contributed by atoms with E-state index in [4.69, 9.17) is 16.3 Å². The number of benzene rings is 2. The van der Waals surface area contributed by atoms with Gasteiger partial charge in [-0.05, 0) is 61.3 Å². The molecule has 50 heavy (non-hydrogen) atoms. The molecular formula is C36H41ClF3N5O5. The van der Waals surface area contributed by atoms with Crippen molar-refractivity contribution in [3.8, 4) is 0 Å². The van der Waals surface area contributed by atoms with Crippen LogP contribution in [0, 0.1) is 5.92 Å². The Kier molecular flexibility index (Phi) is 11.3. The van der Waals surface area contributed by atoms with Crippen molar-refractivity contribution in [1.29, 1.82) is 0 Å². The van der Waals surface area contributed by atoms with E-state index >= 15 is 0 Å². The first-order valence-electron chi connectivity index (χ1n) is 17.0. The predicted octanol–water partition coefficient (Wildman–Crippen LogP) is 5.49. The molecule has 3 fully saturated rings. The third-order valence-electron chi connectivity index (χ3n) is 10.1. The van der Waals surface area contributed by atoms with Crippen molar-refractivity contribution in [2.45, 2.75) is 62.9 Å². The summed E-state index contributed by atoms with van der Waals surface area (Å²) in [6.45, 7) is 1.36. The molecule has 1 saturated carbocycles. The number of carboxylic acid groups (broad SMARTS) is 1. The number of rotatable bonds is 10. The van der Waals surface area contributed by atoms with Crippen molar-refractivity contribution in [1.82, 2.24) is 19.7 Å². The molecule has 1 aliphatic carbocycles. The van der Waals surface area contributed by atoms with E-state index in [2.05, 4.69) is 15.2 Å². The van der Waals surface area contributed by atoms with Crippen LogP contribution in [0.3, 0.4) is 0 Å². The predicted molar refractivity (Wildman–Crippen MR) is 182 cm³/mol. The maximum Gasteiger partial charge on any atom is 0.401 e. The number of hydrogen-bond acceptors (Lipinski definition) is 7. The smallest absolute Gasteiger partial charge is 0.401 e. The molecule has 10 nitrogen and oxygen atoms in total. The maximum absolute atomic E-state index is 13.8. The number of nitrogens with one attached hydrogen (secondary N) is 1. The van der Waals surface area contributed by atoms with Gasteiger partial charge in [0.05, 0.1) is 48.3 Å². The highest BCUT2D eigenvalue weighted by atomic mass is 35.5. The Morgan fingerprint density at radius 1 is 1.00 bits per heavy atom. The number of fused-ring (bicyclic) bond motifs is 1. The van der Waals surface area contributed by atoms with Gasteiger partial charge in [-0.25, -0.2) is 0 Å². The number of anilines is 1. The van der Waals surface area contributed by atoms with Crippen LogP contribution < -0.4 is 5.32 Å². The number of piperazine rings is 1. The lowest BCUT2D eigenvalue weighted by molar-refractivity contribution is -0.150. The SMILES string of the molecule is O=C(Nc1ccc(CC(=O)N2C[C@@H](N3CCN(CC(F)(F)F)CC3)C[C@H]2COC2CCC(C(=O)O)CC2)cc1Cl)c1nccc2ccccc12. The topological polar surface area (TPSA) is 115 Å². The van der Waals surface area contributed by atoms with Crippen LogP contribution in [0.4, 0.5) is 18.9 Å². The second-order valence-electron chi connectivity index (χ2n) is 13.5. The third kappa shape index (κ3) is 8.92. The van der Waals surface area contributed by atoms with Gasteiger partial charge in [-0.1, -0.05) is 41.9 Å². The molecule has 3 heterocycles. The summed E-state index contributed by atoms with van der Waals surface area (Å²) < 4.78 is 45.1. The van der Waals surface area contributed by atoms with Crippen molar-refractivity contribution in [3.05, 3.63) is 71.0 Å². The highest BCUT2D eigenvalue weighted by Crippen LogP contribution is 2.31. The molecule has 0 unspecified atom stereocenters. The monoisotopic (exact) mass is 715 g/mol. The van der Waals surface area contributed by atoms with E-state index in [1.165, 1.54) is 4.90 Å². The molecule has 0 spiro atoms. The molecule has 6 rings (SSSR count). The van der Waals surface area contributed by atoms with Gasteiger partial charge in [0.2, 0.25) is 5.91 Å². The average molecular weight is 716 g/mol. The number of carbonyl (C=O) groups excluding carboxylic acids is 2. The number of alkyl halides is 3. The summed E-state index contributed by atoms with van der Waals surface area (Å²) in [6, 6.07) is 14.1. The minimum Gasteiger partial charge on any atom is -0.481 e. The zero-order valence-corrected chi connectivity index (χ0v) is 28.3. The molecule has 2 atom stereocenters. The Labute approximate surface area is 293 Å². The van der Waals surface area contributed by atoms with E-state index in [1.54, 1.807) is 24.4 Å². The van der Waals surface area contributed by atoms with Crippen LogP contribution in [0.5, 0.6) is 0 Å². The van der Waals surface area contributed by atoms with Gasteiger partial charge in [-0.15, -0.1) is 0 Å². The maximum atomic E-state index is 13.8. The lowest BCUT2D eigenvalue weighted by atomic mass is 9.87. The van der Waals surface area contributed by atoms with Crippen LogP contribution in [0.1, 0.15) is 48.2 Å². The molecule has 2 N–H and O–H groups in total. The van der Waals surface area contributed by atoms with Gasteiger partial charge in [-0.3, -0.25) is 29.2 Å². The number of amides is 2. The lowest BCUT2D eigenvalue weighted by Gasteiger charge is -2.38. The van der Waals surface area contributed by atoms with Crippen molar-refractivity contribution < 1.29 is 37.4 Å². The third-order valence-corrected chi connectivity index (χ3v) is 10.4. The van der Waals surface area contributed by atoms with Crippen molar-refractivity contribution in [3.63, 3.8) is 0 Å². The highest BCUT2D eigenvalue weighted by molar-refractivity contribution is 6.34. The number of pyridine rings is 1. The van der Waals surface area contributed by atoms with Crippen LogP contribution in [0.2, 0.25) is 5.02 Å². The van der Waals surface area contributed by atoms with Crippen LogP contribution in [0.25, 0.3) is 10.8 Å². The zero-order valence-electron chi connectivity index (χ0n) is 27.6. The number of hydrogen-bond donors (Lipinski definition) is 2. The van der Waals surface area contributed by atoms with Gasteiger partial charge in [0.25, 0.3) is 5.91 Å². The summed E-state index contributed by atoms with van der Waals surface area (Å²) in [6.07, 6.45) is 0.312. The van der Waals surface area contributed by atoms with Gasteiger partial charge in [-0.2, -0.15) is 13.2 Å². The summed E-state index contributed by atoms with van der Waals surface area (Å²) in [7, 11) is 0. The number of carboxylic acids is 1. The fourth-order valence-corrected chi connectivity index (χ4v) is 7.66. The molecule has 1 aromatic heterocycles. The first kappa shape index (κ1) is 36.0. The second kappa shape index (κ2) is 15.6. The van der Waals surface area contributed by atoms with Crippen LogP contribution in [-0.2, 0) is 20.7 Å². The first-order chi connectivity index (χ1) is 23.9. The summed E-state index contributed by atoms with van der Waals surface area (Å²) in [5, 5.41) is 14.0. The molecule has 0 bridgehead atoms. The quantitative estimate of drug-likeness (QED) is 0.283. The number of carbonyl (C=O) groups is 3. The zero-order chi connectivity index (χ0) is 35.4. The first-order valence-corrected chi connectivity index (χ1v) is 17.4. The molecular weight excluding hydrogens is 675 g/mol. The van der Waals surface area contributed by atoms with Crippen LogP contribution >= 0.6 is 11.6 Å². The number of aliphatic carboxylic acids is 1. The van der Waals surface area contributed by atoms with Gasteiger partial charge in [0, 0.05) is 50.3 Å². The van der Waals surface area contributed by atoms with Gasteiger partial charge >= 0.3 is 12.1 Å². The van der Waals surface area contributed by atoms with E-state index < -0.39 is 24.6 Å². The molecule has 2 aromatic carbocycles. The highest BCUT2D eigenvalue weighted by Gasteiger charge is 2.40. The Morgan fingerprint density at radius 2 is 1.74 bits per heavy atom. The number of likely N-dealkylation sites (tertiary alicyclic amines) is 1. The molecule has 0 radical (unpaired) electrons. The number of nitrogens with zero attached hydrogens (tertiary/aromatic N) is 4. The fourth-order valence-electron chi connectivity index (χ4n) is 7.41. The standard InChI is InChI=1S/C36H41ClF3N5O5/c37-30-17-23(5-10-31(30)42-34(47)33-29-4-2-1-3-24(29)11-12-41-33)18-32(46)45-20-26(44-15-13-43(14-16-44)22-36(38,39)40)19-27(45)21-50-28-8-6-25(7-9-28)35(48)49/h1-5,10-12,17,25-28H,6-9,13-16,18-22H2,(H,42,47)(H,48,49)/t25?,26-,27-,28?/m0/s1. The van der Waals surface area contributed by atoms with Gasteiger partial charge in [0.1, 0.15) is 5.69 Å². The molecule has 268 valence electrons. The molecule has 2 saturated heterocycles. The van der Waals surface area contributed by atoms with E-state index in [-0.39, 0.29) is 47.2 Å². The van der Waals surface area contributed by atoms with E-state index in [0.29, 0.717) is 88.1 Å².